The van der Waals surface area contributed by atoms with Crippen LogP contribution in [0.1, 0.15) is 51.4 Å². The molecule has 0 aromatic carbocycles. The highest BCUT2D eigenvalue weighted by molar-refractivity contribution is 6.60. The normalized spacial score (nSPS) is 17.9. The third-order valence-corrected chi connectivity index (χ3v) is 6.99. The fourth-order valence-electron chi connectivity index (χ4n) is 2.54. The molecule has 1 aliphatic heterocycles. The molecule has 1 rings (SSSR count). The summed E-state index contributed by atoms with van der Waals surface area (Å²) in [5.74, 6) is 0. The molecule has 1 atom stereocenters. The molecule has 0 spiro atoms. The van der Waals surface area contributed by atoms with Gasteiger partial charge in [-0.05, 0) is 12.8 Å². The Bertz CT molecular complexity index is 249. The minimum absolute atomic E-state index is 0.399. The fraction of sp³-hybridized carbons (Fsp3) is 1.00. The van der Waals surface area contributed by atoms with E-state index in [0.29, 0.717) is 6.10 Å². The van der Waals surface area contributed by atoms with E-state index in [-0.39, 0.29) is 0 Å². The van der Waals surface area contributed by atoms with E-state index in [1.807, 2.05) is 0 Å². The SMILES string of the molecule is CO[Si](CCCCCCCCCCOCC1CO1)(OC)OC. The van der Waals surface area contributed by atoms with Crippen molar-refractivity contribution >= 4 is 8.80 Å². The van der Waals surface area contributed by atoms with Gasteiger partial charge in [-0.3, -0.25) is 0 Å². The maximum absolute atomic E-state index is 5.52. The summed E-state index contributed by atoms with van der Waals surface area (Å²) in [5.41, 5.74) is 0. The number of unbranched alkanes of at least 4 members (excludes halogenated alkanes) is 7. The van der Waals surface area contributed by atoms with E-state index in [2.05, 4.69) is 0 Å². The molecule has 1 heterocycles. The molecule has 1 saturated heterocycles. The molecular weight excluding hydrogens is 300 g/mol. The number of rotatable bonds is 16. The van der Waals surface area contributed by atoms with Gasteiger partial charge in [-0.2, -0.15) is 0 Å². The Hall–Kier alpha value is 0.0169. The molecule has 0 aliphatic carbocycles. The number of epoxide rings is 1. The molecule has 0 amide bonds. The monoisotopic (exact) mass is 334 g/mol. The number of hydrogen-bond donors (Lipinski definition) is 0. The summed E-state index contributed by atoms with van der Waals surface area (Å²) in [4.78, 5) is 0. The van der Waals surface area contributed by atoms with Crippen LogP contribution in [0.25, 0.3) is 0 Å². The summed E-state index contributed by atoms with van der Waals surface area (Å²) < 4.78 is 26.9. The van der Waals surface area contributed by atoms with Crippen LogP contribution in [0.4, 0.5) is 0 Å². The van der Waals surface area contributed by atoms with Gasteiger partial charge in [-0.1, -0.05) is 38.5 Å². The summed E-state index contributed by atoms with van der Waals surface area (Å²) in [6, 6.07) is 0.915. The van der Waals surface area contributed by atoms with E-state index < -0.39 is 8.80 Å². The van der Waals surface area contributed by atoms with Crippen molar-refractivity contribution < 1.29 is 22.8 Å². The second-order valence-electron chi connectivity index (χ2n) is 5.90. The molecule has 132 valence electrons. The van der Waals surface area contributed by atoms with Gasteiger partial charge < -0.3 is 22.8 Å². The van der Waals surface area contributed by atoms with Crippen LogP contribution >= 0.6 is 0 Å². The lowest BCUT2D eigenvalue weighted by Crippen LogP contribution is -2.42. The van der Waals surface area contributed by atoms with Crippen molar-refractivity contribution in [3.63, 3.8) is 0 Å². The maximum atomic E-state index is 5.52. The first-order valence-corrected chi connectivity index (χ1v) is 10.5. The summed E-state index contributed by atoms with van der Waals surface area (Å²) in [6.45, 7) is 2.57. The zero-order chi connectivity index (χ0) is 16.1. The van der Waals surface area contributed by atoms with E-state index >= 15 is 0 Å². The van der Waals surface area contributed by atoms with Crippen LogP contribution < -0.4 is 0 Å². The van der Waals surface area contributed by atoms with Crippen molar-refractivity contribution in [1.82, 2.24) is 0 Å². The molecule has 0 N–H and O–H groups in total. The molecule has 1 fully saturated rings. The van der Waals surface area contributed by atoms with Crippen LogP contribution in [-0.2, 0) is 22.8 Å². The van der Waals surface area contributed by atoms with E-state index in [9.17, 15) is 0 Å². The van der Waals surface area contributed by atoms with Crippen LogP contribution in [0.2, 0.25) is 6.04 Å². The Morgan fingerprint density at radius 2 is 1.32 bits per heavy atom. The number of hydrogen-bond acceptors (Lipinski definition) is 5. The van der Waals surface area contributed by atoms with Gasteiger partial charge >= 0.3 is 8.80 Å². The van der Waals surface area contributed by atoms with Crippen molar-refractivity contribution in [2.45, 2.75) is 63.5 Å². The lowest BCUT2D eigenvalue weighted by molar-refractivity contribution is 0.113. The molecule has 22 heavy (non-hydrogen) atoms. The Morgan fingerprint density at radius 3 is 1.82 bits per heavy atom. The standard InChI is InChI=1S/C16H34O5Si/c1-17-22(18-2,19-3)13-11-9-7-5-4-6-8-10-12-20-14-16-15-21-16/h16H,4-15H2,1-3H3. The quantitative estimate of drug-likeness (QED) is 0.246. The second kappa shape index (κ2) is 12.4. The molecule has 1 unspecified atom stereocenters. The first kappa shape index (κ1) is 20.1. The highest BCUT2D eigenvalue weighted by Gasteiger charge is 2.36. The van der Waals surface area contributed by atoms with E-state index in [4.69, 9.17) is 22.8 Å². The van der Waals surface area contributed by atoms with Crippen LogP contribution in [0.5, 0.6) is 0 Å². The smallest absolute Gasteiger partial charge is 0.379 e. The lowest BCUT2D eigenvalue weighted by Gasteiger charge is -2.24. The third kappa shape index (κ3) is 9.22. The first-order valence-electron chi connectivity index (χ1n) is 8.61. The Morgan fingerprint density at radius 1 is 0.818 bits per heavy atom. The molecular formula is C16H34O5Si. The van der Waals surface area contributed by atoms with E-state index in [0.717, 1.165) is 32.3 Å². The van der Waals surface area contributed by atoms with Gasteiger partial charge in [0.25, 0.3) is 0 Å². The minimum Gasteiger partial charge on any atom is -0.379 e. The Kier molecular flexibility index (Phi) is 11.3. The second-order valence-corrected chi connectivity index (χ2v) is 8.99. The third-order valence-electron chi connectivity index (χ3n) is 4.16. The molecule has 0 saturated carbocycles. The molecule has 1 aliphatic rings. The summed E-state index contributed by atoms with van der Waals surface area (Å²) in [5, 5.41) is 0. The lowest BCUT2D eigenvalue weighted by atomic mass is 10.1. The van der Waals surface area contributed by atoms with Crippen molar-refractivity contribution in [1.29, 1.82) is 0 Å². The number of ether oxygens (including phenoxy) is 2. The Labute approximate surface area is 137 Å². The molecule has 0 aromatic heterocycles. The largest absolute Gasteiger partial charge is 0.500 e. The molecule has 0 radical (unpaired) electrons. The van der Waals surface area contributed by atoms with Crippen LogP contribution in [-0.4, -0.2) is 56.1 Å². The topological polar surface area (TPSA) is 49.5 Å². The van der Waals surface area contributed by atoms with Crippen molar-refractivity contribution in [3.8, 4) is 0 Å². The van der Waals surface area contributed by atoms with Crippen LogP contribution in [0.15, 0.2) is 0 Å². The predicted octanol–water partition coefficient (Wildman–Crippen LogP) is 3.40. The van der Waals surface area contributed by atoms with Gasteiger partial charge in [0.15, 0.2) is 0 Å². The van der Waals surface area contributed by atoms with E-state index in [1.165, 1.54) is 44.9 Å². The highest BCUT2D eigenvalue weighted by Crippen LogP contribution is 2.18. The van der Waals surface area contributed by atoms with Gasteiger partial charge in [0.05, 0.1) is 13.2 Å². The predicted molar refractivity (Wildman–Crippen MR) is 89.1 cm³/mol. The maximum Gasteiger partial charge on any atom is 0.500 e. The fourth-order valence-corrected chi connectivity index (χ4v) is 4.34. The van der Waals surface area contributed by atoms with Gasteiger partial charge in [0, 0.05) is 34.0 Å². The average molecular weight is 335 g/mol. The van der Waals surface area contributed by atoms with Crippen LogP contribution in [0, 0.1) is 0 Å². The molecule has 0 bridgehead atoms. The first-order chi connectivity index (χ1) is 10.8. The Balaban J connectivity index is 1.78. The molecule has 6 heteroatoms. The summed E-state index contributed by atoms with van der Waals surface area (Å²) in [7, 11) is 2.71. The van der Waals surface area contributed by atoms with Gasteiger partial charge in [0.2, 0.25) is 0 Å². The van der Waals surface area contributed by atoms with Crippen molar-refractivity contribution in [2.75, 3.05) is 41.2 Å². The average Bonchev–Trinajstić information content (AvgIpc) is 3.37. The minimum atomic E-state index is -2.34. The van der Waals surface area contributed by atoms with Crippen LogP contribution in [0.3, 0.4) is 0 Å². The summed E-state index contributed by atoms with van der Waals surface area (Å²) in [6.07, 6.45) is 10.5. The van der Waals surface area contributed by atoms with Gasteiger partial charge in [-0.25, -0.2) is 0 Å². The molecule has 5 nitrogen and oxygen atoms in total. The highest BCUT2D eigenvalue weighted by atomic mass is 28.4. The zero-order valence-corrected chi connectivity index (χ0v) is 15.6. The molecule has 0 aromatic rings. The summed E-state index contributed by atoms with van der Waals surface area (Å²) >= 11 is 0. The van der Waals surface area contributed by atoms with Crippen molar-refractivity contribution in [3.05, 3.63) is 0 Å². The van der Waals surface area contributed by atoms with E-state index in [1.54, 1.807) is 21.3 Å². The zero-order valence-electron chi connectivity index (χ0n) is 14.6. The van der Waals surface area contributed by atoms with Gasteiger partial charge in [0.1, 0.15) is 6.10 Å². The van der Waals surface area contributed by atoms with Gasteiger partial charge in [-0.15, -0.1) is 0 Å². The van der Waals surface area contributed by atoms with Crippen molar-refractivity contribution in [2.24, 2.45) is 0 Å².